The highest BCUT2D eigenvalue weighted by atomic mass is 32.2. The predicted octanol–water partition coefficient (Wildman–Crippen LogP) is 2.57. The molecule has 0 atom stereocenters. The van der Waals surface area contributed by atoms with E-state index in [-0.39, 0.29) is 23.5 Å². The molecule has 2 aliphatic heterocycles. The maximum Gasteiger partial charge on any atom is 0.410 e. The number of carboxylic acid groups (broad SMARTS) is 1. The molecule has 2 aromatic rings. The first-order valence-electron chi connectivity index (χ1n) is 10.2. The van der Waals surface area contributed by atoms with Gasteiger partial charge in [-0.2, -0.15) is 4.31 Å². The number of methoxy groups -OCH3 is 1. The van der Waals surface area contributed by atoms with E-state index in [0.717, 1.165) is 5.56 Å². The zero-order chi connectivity index (χ0) is 22.9. The van der Waals surface area contributed by atoms with Crippen molar-refractivity contribution in [2.75, 3.05) is 26.7 Å². The van der Waals surface area contributed by atoms with Crippen LogP contribution >= 0.6 is 0 Å². The van der Waals surface area contributed by atoms with Crippen LogP contribution in [0.3, 0.4) is 0 Å². The number of carbonyl (C=O) groups is 2. The predicted molar refractivity (Wildman–Crippen MR) is 114 cm³/mol. The number of hydrogen-bond donors (Lipinski definition) is 1. The summed E-state index contributed by atoms with van der Waals surface area (Å²) in [5.74, 6) is -0.597. The molecule has 1 spiro atoms. The quantitative estimate of drug-likeness (QED) is 0.705. The van der Waals surface area contributed by atoms with Gasteiger partial charge in [0.1, 0.15) is 11.4 Å². The normalized spacial score (nSPS) is 18.5. The average molecular weight is 461 g/mol. The molecule has 0 radical (unpaired) electrons. The molecule has 4 rings (SSSR count). The molecule has 2 fully saturated rings. The molecule has 2 saturated heterocycles. The Morgan fingerprint density at radius 2 is 1.88 bits per heavy atom. The molecule has 170 valence electrons. The molecule has 32 heavy (non-hydrogen) atoms. The van der Waals surface area contributed by atoms with Crippen LogP contribution in [0.15, 0.2) is 53.4 Å². The fourth-order valence-corrected chi connectivity index (χ4v) is 5.83. The van der Waals surface area contributed by atoms with Crippen molar-refractivity contribution in [2.45, 2.75) is 29.9 Å². The lowest BCUT2D eigenvalue weighted by molar-refractivity contribution is 0.0171. The van der Waals surface area contributed by atoms with Gasteiger partial charge in [0.15, 0.2) is 0 Å². The van der Waals surface area contributed by atoms with Crippen LogP contribution in [-0.2, 0) is 21.3 Å². The second-order valence-corrected chi connectivity index (χ2v) is 9.87. The van der Waals surface area contributed by atoms with E-state index < -0.39 is 27.7 Å². The van der Waals surface area contributed by atoms with Crippen molar-refractivity contribution in [3.8, 4) is 5.75 Å². The molecule has 2 aromatic carbocycles. The van der Waals surface area contributed by atoms with E-state index in [1.165, 1.54) is 28.6 Å². The van der Waals surface area contributed by atoms with Gasteiger partial charge >= 0.3 is 12.1 Å². The van der Waals surface area contributed by atoms with Crippen molar-refractivity contribution in [3.05, 3.63) is 59.7 Å². The fourth-order valence-electron chi connectivity index (χ4n) is 4.21. The van der Waals surface area contributed by atoms with Crippen LogP contribution in [0.25, 0.3) is 0 Å². The summed E-state index contributed by atoms with van der Waals surface area (Å²) in [7, 11) is -2.40. The number of aromatic carboxylic acids is 1. The van der Waals surface area contributed by atoms with Gasteiger partial charge in [-0.15, -0.1) is 0 Å². The van der Waals surface area contributed by atoms with E-state index in [2.05, 4.69) is 0 Å². The smallest absolute Gasteiger partial charge is 0.410 e. The largest absolute Gasteiger partial charge is 0.497 e. The standard InChI is InChI=1S/C22H24N2O7S/c1-30-17-6-4-5-16(13-17)14-23-15-22(31-21(23)27)9-11-24(12-10-22)32(28,29)19-8-3-2-7-18(19)20(25)26/h2-8,13H,9-12,14-15H2,1H3,(H,25,26). The minimum atomic E-state index is -3.98. The second-order valence-electron chi connectivity index (χ2n) is 7.96. The molecule has 0 aliphatic carbocycles. The molecule has 2 aliphatic rings. The molecular weight excluding hydrogens is 436 g/mol. The minimum absolute atomic E-state index is 0.135. The number of nitrogens with zero attached hydrogens (tertiary/aromatic N) is 2. The zero-order valence-electron chi connectivity index (χ0n) is 17.6. The monoisotopic (exact) mass is 460 g/mol. The highest BCUT2D eigenvalue weighted by Gasteiger charge is 2.48. The van der Waals surface area contributed by atoms with E-state index in [1.54, 1.807) is 12.0 Å². The lowest BCUT2D eigenvalue weighted by Crippen LogP contribution is -2.48. The van der Waals surface area contributed by atoms with E-state index in [4.69, 9.17) is 9.47 Å². The van der Waals surface area contributed by atoms with Gasteiger partial charge in [0, 0.05) is 32.5 Å². The fraction of sp³-hybridized carbons (Fsp3) is 0.364. The van der Waals surface area contributed by atoms with E-state index in [0.29, 0.717) is 31.7 Å². The Balaban J connectivity index is 1.45. The summed E-state index contributed by atoms with van der Waals surface area (Å²) in [6, 6.07) is 13.0. The van der Waals surface area contributed by atoms with E-state index in [1.807, 2.05) is 24.3 Å². The van der Waals surface area contributed by atoms with Crippen LogP contribution in [0.4, 0.5) is 4.79 Å². The molecule has 0 aromatic heterocycles. The molecule has 1 amide bonds. The van der Waals surface area contributed by atoms with Crippen LogP contribution in [0, 0.1) is 0 Å². The van der Waals surface area contributed by atoms with Gasteiger partial charge in [-0.05, 0) is 29.8 Å². The maximum absolute atomic E-state index is 13.1. The molecule has 9 nitrogen and oxygen atoms in total. The lowest BCUT2D eigenvalue weighted by Gasteiger charge is -2.36. The Morgan fingerprint density at radius 3 is 2.56 bits per heavy atom. The molecule has 0 bridgehead atoms. The number of carboxylic acids is 1. The van der Waals surface area contributed by atoms with Crippen molar-refractivity contribution in [1.29, 1.82) is 0 Å². The minimum Gasteiger partial charge on any atom is -0.497 e. The Kier molecular flexibility index (Phi) is 5.83. The number of carbonyl (C=O) groups excluding carboxylic acids is 1. The Labute approximate surface area is 186 Å². The SMILES string of the molecule is COc1cccc(CN2CC3(CCN(S(=O)(=O)c4ccccc4C(=O)O)CC3)OC2=O)c1. The molecular formula is C22H24N2O7S. The molecule has 0 saturated carbocycles. The number of ether oxygens (including phenoxy) is 2. The Morgan fingerprint density at radius 1 is 1.16 bits per heavy atom. The zero-order valence-corrected chi connectivity index (χ0v) is 18.4. The van der Waals surface area contributed by atoms with Crippen LogP contribution in [0.2, 0.25) is 0 Å². The first-order chi connectivity index (χ1) is 15.2. The average Bonchev–Trinajstić information content (AvgIpc) is 3.08. The summed E-state index contributed by atoms with van der Waals surface area (Å²) in [5, 5.41) is 9.35. The highest BCUT2D eigenvalue weighted by Crippen LogP contribution is 2.36. The van der Waals surface area contributed by atoms with Crippen molar-refractivity contribution in [1.82, 2.24) is 9.21 Å². The van der Waals surface area contributed by atoms with Crippen molar-refractivity contribution < 1.29 is 32.6 Å². The van der Waals surface area contributed by atoms with Crippen LogP contribution in [-0.4, -0.2) is 67.1 Å². The van der Waals surface area contributed by atoms with Gasteiger partial charge in [0.2, 0.25) is 10.0 Å². The molecule has 10 heteroatoms. The summed E-state index contributed by atoms with van der Waals surface area (Å²) in [5.41, 5.74) is -0.109. The number of amides is 1. The second kappa shape index (κ2) is 8.44. The Bertz CT molecular complexity index is 1140. The highest BCUT2D eigenvalue weighted by molar-refractivity contribution is 7.89. The van der Waals surface area contributed by atoms with E-state index >= 15 is 0 Å². The van der Waals surface area contributed by atoms with Gasteiger partial charge in [-0.25, -0.2) is 18.0 Å². The van der Waals surface area contributed by atoms with Crippen LogP contribution in [0.1, 0.15) is 28.8 Å². The Hall–Kier alpha value is -3.11. The van der Waals surface area contributed by atoms with Gasteiger partial charge in [0.05, 0.1) is 24.1 Å². The van der Waals surface area contributed by atoms with Gasteiger partial charge in [-0.3, -0.25) is 4.90 Å². The van der Waals surface area contributed by atoms with Crippen molar-refractivity contribution in [3.63, 3.8) is 0 Å². The third-order valence-electron chi connectivity index (χ3n) is 5.92. The third kappa shape index (κ3) is 4.15. The summed E-state index contributed by atoms with van der Waals surface area (Å²) >= 11 is 0. The van der Waals surface area contributed by atoms with Gasteiger partial charge in [-0.1, -0.05) is 24.3 Å². The number of rotatable bonds is 6. The molecule has 2 heterocycles. The van der Waals surface area contributed by atoms with Gasteiger partial charge < -0.3 is 14.6 Å². The number of benzene rings is 2. The summed E-state index contributed by atoms with van der Waals surface area (Å²) in [4.78, 5) is 25.3. The summed E-state index contributed by atoms with van der Waals surface area (Å²) in [6.07, 6.45) is 0.240. The van der Waals surface area contributed by atoms with Crippen molar-refractivity contribution >= 4 is 22.1 Å². The summed E-state index contributed by atoms with van der Waals surface area (Å²) < 4.78 is 38.3. The van der Waals surface area contributed by atoms with E-state index in [9.17, 15) is 23.1 Å². The lowest BCUT2D eigenvalue weighted by atomic mass is 9.92. The number of hydrogen-bond acceptors (Lipinski definition) is 6. The van der Waals surface area contributed by atoms with Crippen LogP contribution in [0.5, 0.6) is 5.75 Å². The van der Waals surface area contributed by atoms with Crippen molar-refractivity contribution in [2.24, 2.45) is 0 Å². The first-order valence-corrected chi connectivity index (χ1v) is 11.6. The topological polar surface area (TPSA) is 113 Å². The maximum atomic E-state index is 13.1. The number of sulfonamides is 1. The first kappa shape index (κ1) is 22.1. The third-order valence-corrected chi connectivity index (χ3v) is 7.87. The summed E-state index contributed by atoms with van der Waals surface area (Å²) in [6.45, 7) is 1.00. The molecule has 1 N–H and O–H groups in total. The van der Waals surface area contributed by atoms with Crippen LogP contribution < -0.4 is 4.74 Å². The number of piperidine rings is 1. The van der Waals surface area contributed by atoms with Gasteiger partial charge in [0.25, 0.3) is 0 Å². The molecule has 0 unspecified atom stereocenters.